The van der Waals surface area contributed by atoms with Gasteiger partial charge in [0.1, 0.15) is 11.5 Å². The summed E-state index contributed by atoms with van der Waals surface area (Å²) in [4.78, 5) is 4.43. The van der Waals surface area contributed by atoms with Crippen LogP contribution in [0, 0.1) is 0 Å². The average molecular weight is 361 g/mol. The zero-order valence-electron chi connectivity index (χ0n) is 14.3. The molecule has 1 aromatic rings. The maximum absolute atomic E-state index is 12.5. The predicted octanol–water partition coefficient (Wildman–Crippen LogP) is 3.10. The van der Waals surface area contributed by atoms with Gasteiger partial charge in [0.25, 0.3) is 0 Å². The molecule has 0 aliphatic carbocycles. The predicted molar refractivity (Wildman–Crippen MR) is 95.4 cm³/mol. The third-order valence-corrected chi connectivity index (χ3v) is 3.75. The molecule has 0 radical (unpaired) electrons. The number of methoxy groups -OCH3 is 1. The van der Waals surface area contributed by atoms with Crippen LogP contribution in [-0.4, -0.2) is 44.8 Å². The minimum Gasteiger partial charge on any atom is -0.497 e. The molecule has 1 rings (SSSR count). The van der Waals surface area contributed by atoms with Crippen LogP contribution in [0.15, 0.2) is 23.2 Å². The van der Waals surface area contributed by atoms with Crippen LogP contribution in [0.1, 0.15) is 18.9 Å². The summed E-state index contributed by atoms with van der Waals surface area (Å²) in [5.41, 5.74) is 0.538. The molecule has 1 aromatic carbocycles. The molecule has 0 unspecified atom stereocenters. The van der Waals surface area contributed by atoms with Crippen molar-refractivity contribution in [1.29, 1.82) is 0 Å². The third-order valence-electron chi connectivity index (χ3n) is 3.05. The molecule has 0 aromatic heterocycles. The highest BCUT2D eigenvalue weighted by Gasteiger charge is 2.11. The fourth-order valence-corrected chi connectivity index (χ4v) is 2.38. The summed E-state index contributed by atoms with van der Waals surface area (Å²) < 4.78 is 34.7. The largest absolute Gasteiger partial charge is 0.497 e. The van der Waals surface area contributed by atoms with Gasteiger partial charge in [0, 0.05) is 18.7 Å². The average Bonchev–Trinajstić information content (AvgIpc) is 2.57. The number of nitrogens with one attached hydrogen (secondary N) is 2. The number of alkyl halides is 2. The summed E-state index contributed by atoms with van der Waals surface area (Å²) in [5, 5.41) is 6.35. The van der Waals surface area contributed by atoms with E-state index >= 15 is 0 Å². The molecule has 0 amide bonds. The molecule has 0 aliphatic heterocycles. The van der Waals surface area contributed by atoms with Crippen molar-refractivity contribution in [3.05, 3.63) is 23.8 Å². The zero-order valence-corrected chi connectivity index (χ0v) is 15.1. The van der Waals surface area contributed by atoms with E-state index in [0.717, 1.165) is 18.7 Å². The number of ether oxygens (including phenoxy) is 2. The van der Waals surface area contributed by atoms with Crippen LogP contribution in [0.3, 0.4) is 0 Å². The first-order chi connectivity index (χ1) is 11.6. The van der Waals surface area contributed by atoms with Gasteiger partial charge < -0.3 is 20.1 Å². The number of benzene rings is 1. The Bertz CT molecular complexity index is 516. The summed E-state index contributed by atoms with van der Waals surface area (Å²) in [6.45, 7) is 0.810. The number of hydrogen-bond acceptors (Lipinski definition) is 4. The Hall–Kier alpha value is -1.70. The van der Waals surface area contributed by atoms with E-state index in [-0.39, 0.29) is 12.3 Å². The normalized spacial score (nSPS) is 11.5. The van der Waals surface area contributed by atoms with E-state index in [0.29, 0.717) is 23.8 Å². The van der Waals surface area contributed by atoms with Gasteiger partial charge in [-0.25, -0.2) is 4.99 Å². The van der Waals surface area contributed by atoms with Crippen molar-refractivity contribution in [3.8, 4) is 11.5 Å². The summed E-state index contributed by atoms with van der Waals surface area (Å²) in [7, 11) is 1.52. The maximum Gasteiger partial charge on any atom is 0.387 e. The highest BCUT2D eigenvalue weighted by Crippen LogP contribution is 2.26. The van der Waals surface area contributed by atoms with Gasteiger partial charge in [0.05, 0.1) is 13.7 Å². The van der Waals surface area contributed by atoms with E-state index in [1.807, 2.05) is 6.92 Å². The standard InChI is InChI=1S/C16H25F2N3O2S/c1-4-19-16(20-8-5-9-24-3)21-11-12-10-13(22-2)6-7-14(12)23-15(17)18/h6-7,10,15H,4-5,8-9,11H2,1-3H3,(H2,19,20,21). The summed E-state index contributed by atoms with van der Waals surface area (Å²) >= 11 is 1.79. The van der Waals surface area contributed by atoms with Crippen LogP contribution in [0.2, 0.25) is 0 Å². The van der Waals surface area contributed by atoms with Gasteiger partial charge in [-0.3, -0.25) is 0 Å². The maximum atomic E-state index is 12.5. The second-order valence-corrected chi connectivity index (χ2v) is 5.81. The fourth-order valence-electron chi connectivity index (χ4n) is 1.95. The lowest BCUT2D eigenvalue weighted by atomic mass is 10.2. The van der Waals surface area contributed by atoms with Crippen molar-refractivity contribution in [2.75, 3.05) is 32.2 Å². The van der Waals surface area contributed by atoms with Gasteiger partial charge >= 0.3 is 6.61 Å². The number of thioether (sulfide) groups is 1. The van der Waals surface area contributed by atoms with Gasteiger partial charge in [-0.1, -0.05) is 0 Å². The van der Waals surface area contributed by atoms with E-state index in [2.05, 4.69) is 26.6 Å². The minimum absolute atomic E-state index is 0.104. The first kappa shape index (κ1) is 20.3. The highest BCUT2D eigenvalue weighted by atomic mass is 32.2. The Morgan fingerprint density at radius 1 is 1.33 bits per heavy atom. The molecule has 0 fully saturated rings. The Labute approximate surface area is 146 Å². The summed E-state index contributed by atoms with van der Waals surface area (Å²) in [5.74, 6) is 2.38. The lowest BCUT2D eigenvalue weighted by molar-refractivity contribution is -0.0504. The van der Waals surface area contributed by atoms with E-state index in [1.165, 1.54) is 13.2 Å². The van der Waals surface area contributed by atoms with Crippen LogP contribution in [0.5, 0.6) is 11.5 Å². The van der Waals surface area contributed by atoms with Gasteiger partial charge in [0.2, 0.25) is 0 Å². The van der Waals surface area contributed by atoms with Gasteiger partial charge in [-0.05, 0) is 43.6 Å². The van der Waals surface area contributed by atoms with Gasteiger partial charge in [-0.2, -0.15) is 20.5 Å². The minimum atomic E-state index is -2.88. The van der Waals surface area contributed by atoms with Crippen molar-refractivity contribution >= 4 is 17.7 Å². The van der Waals surface area contributed by atoms with Crippen LogP contribution < -0.4 is 20.1 Å². The zero-order chi connectivity index (χ0) is 17.8. The molecule has 2 N–H and O–H groups in total. The highest BCUT2D eigenvalue weighted by molar-refractivity contribution is 7.98. The quantitative estimate of drug-likeness (QED) is 0.381. The topological polar surface area (TPSA) is 54.9 Å². The van der Waals surface area contributed by atoms with E-state index < -0.39 is 6.61 Å². The van der Waals surface area contributed by atoms with Crippen molar-refractivity contribution in [2.45, 2.75) is 26.5 Å². The molecule has 0 spiro atoms. The Kier molecular flexibility index (Phi) is 9.98. The van der Waals surface area contributed by atoms with Crippen LogP contribution in [0.4, 0.5) is 8.78 Å². The number of rotatable bonds is 10. The van der Waals surface area contributed by atoms with E-state index in [9.17, 15) is 8.78 Å². The number of aliphatic imine (C=N–C) groups is 1. The second-order valence-electron chi connectivity index (χ2n) is 4.82. The molecule has 0 bridgehead atoms. The Balaban J connectivity index is 2.81. The molecular formula is C16H25F2N3O2S. The Morgan fingerprint density at radius 3 is 2.75 bits per heavy atom. The lowest BCUT2D eigenvalue weighted by Gasteiger charge is -2.13. The molecule has 0 aliphatic rings. The van der Waals surface area contributed by atoms with E-state index in [4.69, 9.17) is 4.74 Å². The molecular weight excluding hydrogens is 336 g/mol. The third kappa shape index (κ3) is 7.72. The van der Waals surface area contributed by atoms with Crippen molar-refractivity contribution in [1.82, 2.24) is 10.6 Å². The Morgan fingerprint density at radius 2 is 2.12 bits per heavy atom. The molecule has 24 heavy (non-hydrogen) atoms. The van der Waals surface area contributed by atoms with Crippen molar-refractivity contribution < 1.29 is 18.3 Å². The van der Waals surface area contributed by atoms with Crippen LogP contribution >= 0.6 is 11.8 Å². The van der Waals surface area contributed by atoms with Crippen LogP contribution in [-0.2, 0) is 6.54 Å². The molecule has 0 saturated heterocycles. The van der Waals surface area contributed by atoms with Crippen molar-refractivity contribution in [3.63, 3.8) is 0 Å². The molecule has 0 saturated carbocycles. The SMILES string of the molecule is CCNC(=NCc1cc(OC)ccc1OC(F)F)NCCCSC. The molecule has 0 heterocycles. The first-order valence-electron chi connectivity index (χ1n) is 7.73. The number of guanidine groups is 1. The molecule has 136 valence electrons. The van der Waals surface area contributed by atoms with Crippen LogP contribution in [0.25, 0.3) is 0 Å². The molecule has 5 nitrogen and oxygen atoms in total. The summed E-state index contributed by atoms with van der Waals surface area (Å²) in [6, 6.07) is 4.70. The first-order valence-corrected chi connectivity index (χ1v) is 9.13. The van der Waals surface area contributed by atoms with Gasteiger partial charge in [-0.15, -0.1) is 0 Å². The smallest absolute Gasteiger partial charge is 0.387 e. The second kappa shape index (κ2) is 11.8. The summed E-state index contributed by atoms with van der Waals surface area (Å²) in [6.07, 6.45) is 3.08. The van der Waals surface area contributed by atoms with Crippen molar-refractivity contribution in [2.24, 2.45) is 4.99 Å². The molecule has 0 atom stereocenters. The number of hydrogen-bond donors (Lipinski definition) is 2. The fraction of sp³-hybridized carbons (Fsp3) is 0.562. The van der Waals surface area contributed by atoms with E-state index in [1.54, 1.807) is 23.9 Å². The number of halogens is 2. The van der Waals surface area contributed by atoms with Gasteiger partial charge in [0.15, 0.2) is 5.96 Å². The monoisotopic (exact) mass is 361 g/mol. The number of nitrogens with zero attached hydrogens (tertiary/aromatic N) is 1. The lowest BCUT2D eigenvalue weighted by Crippen LogP contribution is -2.37. The molecule has 8 heteroatoms.